The van der Waals surface area contributed by atoms with Gasteiger partial charge in [-0.05, 0) is 91.9 Å². The van der Waals surface area contributed by atoms with Crippen molar-refractivity contribution in [2.45, 2.75) is 11.8 Å². The summed E-state index contributed by atoms with van der Waals surface area (Å²) >= 11 is 11.1. The lowest BCUT2D eigenvalue weighted by atomic mass is 10.3. The highest BCUT2D eigenvalue weighted by Crippen LogP contribution is 2.21. The molecule has 0 unspecified atom stereocenters. The first-order valence-corrected chi connectivity index (χ1v) is 11.3. The second-order valence-corrected chi connectivity index (χ2v) is 8.70. The summed E-state index contributed by atoms with van der Waals surface area (Å²) < 4.78 is 33.1. The van der Waals surface area contributed by atoms with Crippen LogP contribution < -0.4 is 20.1 Å². The van der Waals surface area contributed by atoms with Crippen molar-refractivity contribution in [1.29, 1.82) is 0 Å². The zero-order chi connectivity index (χ0) is 21.6. The molecule has 0 fully saturated rings. The lowest BCUT2D eigenvalue weighted by Gasteiger charge is -2.12. The summed E-state index contributed by atoms with van der Waals surface area (Å²) in [6.45, 7) is 2.43. The van der Waals surface area contributed by atoms with Crippen molar-refractivity contribution >= 4 is 56.0 Å². The lowest BCUT2D eigenvalue weighted by molar-refractivity contribution is 0.340. The van der Waals surface area contributed by atoms with Crippen molar-refractivity contribution in [3.05, 3.63) is 77.8 Å². The van der Waals surface area contributed by atoms with Gasteiger partial charge in [-0.25, -0.2) is 8.42 Å². The highest BCUT2D eigenvalue weighted by molar-refractivity contribution is 7.92. The standard InChI is InChI=1S/C21H20ClN3O3S2/c1-2-28-19-11-7-18(8-12-19)25-30(26,27)20-13-9-17(10-14-20)24-21(29)23-16-5-3-15(22)4-6-16/h3-14,25H,2H2,1H3,(H2,23,24,29). The summed E-state index contributed by atoms with van der Waals surface area (Å²) in [4.78, 5) is 0.138. The van der Waals surface area contributed by atoms with E-state index in [0.29, 0.717) is 33.9 Å². The summed E-state index contributed by atoms with van der Waals surface area (Å²) in [7, 11) is -3.72. The Morgan fingerprint density at radius 3 is 1.90 bits per heavy atom. The molecule has 30 heavy (non-hydrogen) atoms. The number of sulfonamides is 1. The molecule has 6 nitrogen and oxygen atoms in total. The van der Waals surface area contributed by atoms with Crippen LogP contribution in [0.5, 0.6) is 5.75 Å². The van der Waals surface area contributed by atoms with Gasteiger partial charge in [-0.1, -0.05) is 11.6 Å². The number of nitrogens with one attached hydrogen (secondary N) is 3. The van der Waals surface area contributed by atoms with Crippen LogP contribution in [0.2, 0.25) is 5.02 Å². The molecular formula is C21H20ClN3O3S2. The lowest BCUT2D eigenvalue weighted by Crippen LogP contribution is -2.19. The van der Waals surface area contributed by atoms with Crippen LogP contribution in [0.15, 0.2) is 77.7 Å². The number of anilines is 3. The fraction of sp³-hybridized carbons (Fsp3) is 0.0952. The Morgan fingerprint density at radius 2 is 1.37 bits per heavy atom. The third-order valence-corrected chi connectivity index (χ3v) is 5.80. The Labute approximate surface area is 186 Å². The minimum absolute atomic E-state index is 0.138. The summed E-state index contributed by atoms with van der Waals surface area (Å²) in [5.74, 6) is 0.680. The highest BCUT2D eigenvalue weighted by Gasteiger charge is 2.14. The van der Waals surface area contributed by atoms with E-state index in [9.17, 15) is 8.42 Å². The van der Waals surface area contributed by atoms with Gasteiger partial charge in [0.1, 0.15) is 5.75 Å². The smallest absolute Gasteiger partial charge is 0.261 e. The number of halogens is 1. The molecule has 3 aromatic rings. The molecule has 0 spiro atoms. The molecule has 0 aliphatic carbocycles. The van der Waals surface area contributed by atoms with Crippen LogP contribution in [-0.2, 0) is 10.0 Å². The van der Waals surface area contributed by atoms with Gasteiger partial charge in [0.15, 0.2) is 5.11 Å². The quantitative estimate of drug-likeness (QED) is 0.412. The van der Waals surface area contributed by atoms with Crippen molar-refractivity contribution < 1.29 is 13.2 Å². The van der Waals surface area contributed by atoms with Crippen LogP contribution >= 0.6 is 23.8 Å². The second kappa shape index (κ2) is 9.80. The van der Waals surface area contributed by atoms with Crippen LogP contribution in [0.4, 0.5) is 17.1 Å². The van der Waals surface area contributed by atoms with Crippen molar-refractivity contribution in [3.8, 4) is 5.75 Å². The minimum atomic E-state index is -3.72. The molecule has 0 bridgehead atoms. The monoisotopic (exact) mass is 461 g/mol. The Kier molecular flexibility index (Phi) is 7.15. The summed E-state index contributed by atoms with van der Waals surface area (Å²) in [6, 6.07) is 20.1. The van der Waals surface area contributed by atoms with E-state index in [2.05, 4.69) is 15.4 Å². The van der Waals surface area contributed by atoms with Gasteiger partial charge in [0.25, 0.3) is 10.0 Å². The van der Waals surface area contributed by atoms with Gasteiger partial charge < -0.3 is 15.4 Å². The third kappa shape index (κ3) is 6.09. The average molecular weight is 462 g/mol. The second-order valence-electron chi connectivity index (χ2n) is 6.17. The summed E-state index contributed by atoms with van der Waals surface area (Å²) in [5.41, 5.74) is 1.89. The normalized spacial score (nSPS) is 10.9. The van der Waals surface area contributed by atoms with Gasteiger partial charge in [0, 0.05) is 22.1 Å². The van der Waals surface area contributed by atoms with Crippen LogP contribution in [0.3, 0.4) is 0 Å². The SMILES string of the molecule is CCOc1ccc(NS(=O)(=O)c2ccc(NC(=S)Nc3ccc(Cl)cc3)cc2)cc1. The average Bonchev–Trinajstić information content (AvgIpc) is 2.71. The van der Waals surface area contributed by atoms with Crippen molar-refractivity contribution in [3.63, 3.8) is 0 Å². The van der Waals surface area contributed by atoms with E-state index < -0.39 is 10.0 Å². The maximum absolute atomic E-state index is 12.6. The minimum Gasteiger partial charge on any atom is -0.494 e. The van der Waals surface area contributed by atoms with E-state index in [1.54, 1.807) is 60.7 Å². The fourth-order valence-electron chi connectivity index (χ4n) is 2.54. The Balaban J connectivity index is 1.62. The molecule has 0 atom stereocenters. The molecule has 3 aromatic carbocycles. The molecule has 156 valence electrons. The molecule has 9 heteroatoms. The van der Waals surface area contributed by atoms with E-state index in [-0.39, 0.29) is 4.90 Å². The molecule has 3 N–H and O–H groups in total. The first-order chi connectivity index (χ1) is 14.4. The maximum Gasteiger partial charge on any atom is 0.261 e. The highest BCUT2D eigenvalue weighted by atomic mass is 35.5. The molecule has 0 saturated heterocycles. The first kappa shape index (κ1) is 21.9. The van der Waals surface area contributed by atoms with Gasteiger partial charge in [-0.2, -0.15) is 0 Å². The predicted molar refractivity (Wildman–Crippen MR) is 126 cm³/mol. The number of thiocarbonyl (C=S) groups is 1. The molecule has 0 saturated carbocycles. The Hall–Kier alpha value is -2.81. The molecule has 0 aliphatic rings. The molecule has 0 heterocycles. The van der Waals surface area contributed by atoms with E-state index in [1.807, 2.05) is 6.92 Å². The van der Waals surface area contributed by atoms with E-state index in [1.165, 1.54) is 12.1 Å². The van der Waals surface area contributed by atoms with E-state index in [4.69, 9.17) is 28.6 Å². The number of benzene rings is 3. The largest absolute Gasteiger partial charge is 0.494 e. The van der Waals surface area contributed by atoms with Gasteiger partial charge >= 0.3 is 0 Å². The number of rotatable bonds is 7. The molecule has 3 rings (SSSR count). The summed E-state index contributed by atoms with van der Waals surface area (Å²) in [6.07, 6.45) is 0. The van der Waals surface area contributed by atoms with Crippen LogP contribution in [0.25, 0.3) is 0 Å². The number of ether oxygens (including phenoxy) is 1. The first-order valence-electron chi connectivity index (χ1n) is 9.05. The topological polar surface area (TPSA) is 79.5 Å². The fourth-order valence-corrected chi connectivity index (χ4v) is 3.96. The molecule has 0 aromatic heterocycles. The van der Waals surface area contributed by atoms with Crippen LogP contribution in [0.1, 0.15) is 6.92 Å². The van der Waals surface area contributed by atoms with Crippen LogP contribution in [0, 0.1) is 0 Å². The summed E-state index contributed by atoms with van der Waals surface area (Å²) in [5, 5.41) is 7.05. The number of hydrogen-bond acceptors (Lipinski definition) is 4. The number of hydrogen-bond donors (Lipinski definition) is 3. The van der Waals surface area contributed by atoms with Gasteiger partial charge in [0.05, 0.1) is 11.5 Å². The predicted octanol–water partition coefficient (Wildman–Crippen LogP) is 5.35. The van der Waals surface area contributed by atoms with Crippen molar-refractivity contribution in [2.24, 2.45) is 0 Å². The van der Waals surface area contributed by atoms with Crippen molar-refractivity contribution in [1.82, 2.24) is 0 Å². The zero-order valence-corrected chi connectivity index (χ0v) is 18.4. The molecule has 0 radical (unpaired) electrons. The molecule has 0 amide bonds. The zero-order valence-electron chi connectivity index (χ0n) is 16.1. The van der Waals surface area contributed by atoms with E-state index >= 15 is 0 Å². The van der Waals surface area contributed by atoms with Crippen LogP contribution in [-0.4, -0.2) is 20.1 Å². The van der Waals surface area contributed by atoms with Gasteiger partial charge in [-0.15, -0.1) is 0 Å². The maximum atomic E-state index is 12.6. The van der Waals surface area contributed by atoms with E-state index in [0.717, 1.165) is 5.69 Å². The Bertz CT molecular complexity index is 1100. The third-order valence-electron chi connectivity index (χ3n) is 3.94. The van der Waals surface area contributed by atoms with Gasteiger partial charge in [-0.3, -0.25) is 4.72 Å². The molecular weight excluding hydrogens is 442 g/mol. The van der Waals surface area contributed by atoms with Crippen molar-refractivity contribution in [2.75, 3.05) is 22.0 Å². The van der Waals surface area contributed by atoms with Gasteiger partial charge in [0.2, 0.25) is 0 Å². The Morgan fingerprint density at radius 1 is 0.867 bits per heavy atom. The molecule has 0 aliphatic heterocycles.